The summed E-state index contributed by atoms with van der Waals surface area (Å²) in [6, 6.07) is 10.6. The molecule has 0 aliphatic carbocycles. The normalized spacial score (nSPS) is 17.3. The van der Waals surface area contributed by atoms with E-state index < -0.39 is 0 Å². The number of hydrogen-bond donors (Lipinski definition) is 0. The molecule has 0 N–H and O–H groups in total. The number of aromatic nitrogens is 1. The summed E-state index contributed by atoms with van der Waals surface area (Å²) in [7, 11) is 2.18. The summed E-state index contributed by atoms with van der Waals surface area (Å²) in [6.45, 7) is 6.54. The third-order valence-electron chi connectivity index (χ3n) is 3.69. The molecular weight excluding hydrogens is 222 g/mol. The maximum Gasteiger partial charge on any atom is 0.132 e. The molecule has 0 radical (unpaired) electrons. The number of para-hydroxylation sites is 1. The molecule has 0 amide bonds. The Kier molecular flexibility index (Phi) is 2.92. The molecule has 0 saturated carbocycles. The van der Waals surface area contributed by atoms with E-state index in [1.54, 1.807) is 0 Å². The molecule has 1 aromatic heterocycles. The van der Waals surface area contributed by atoms with Crippen molar-refractivity contribution in [1.82, 2.24) is 9.88 Å². The van der Waals surface area contributed by atoms with Crippen LogP contribution in [-0.4, -0.2) is 43.1 Å². The van der Waals surface area contributed by atoms with Gasteiger partial charge in [-0.3, -0.25) is 0 Å². The number of piperazine rings is 1. The Balaban J connectivity index is 1.98. The van der Waals surface area contributed by atoms with Crippen LogP contribution in [-0.2, 0) is 0 Å². The molecule has 0 atom stereocenters. The van der Waals surface area contributed by atoms with Crippen LogP contribution >= 0.6 is 0 Å². The number of anilines is 1. The lowest BCUT2D eigenvalue weighted by molar-refractivity contribution is 0.312. The van der Waals surface area contributed by atoms with Crippen molar-refractivity contribution in [2.24, 2.45) is 0 Å². The van der Waals surface area contributed by atoms with Gasteiger partial charge in [-0.1, -0.05) is 18.2 Å². The van der Waals surface area contributed by atoms with E-state index in [1.165, 1.54) is 10.9 Å². The second kappa shape index (κ2) is 4.58. The average molecular weight is 241 g/mol. The summed E-state index contributed by atoms with van der Waals surface area (Å²) in [5.41, 5.74) is 2.37. The number of hydrogen-bond acceptors (Lipinski definition) is 3. The van der Waals surface area contributed by atoms with Crippen LogP contribution in [0.1, 0.15) is 5.56 Å². The van der Waals surface area contributed by atoms with Gasteiger partial charge in [-0.15, -0.1) is 0 Å². The molecule has 3 nitrogen and oxygen atoms in total. The van der Waals surface area contributed by atoms with Crippen molar-refractivity contribution in [2.75, 3.05) is 38.1 Å². The van der Waals surface area contributed by atoms with Gasteiger partial charge < -0.3 is 9.80 Å². The van der Waals surface area contributed by atoms with Gasteiger partial charge in [-0.25, -0.2) is 4.98 Å². The van der Waals surface area contributed by atoms with Crippen LogP contribution in [0.4, 0.5) is 5.82 Å². The number of rotatable bonds is 1. The average Bonchev–Trinajstić information content (AvgIpc) is 2.39. The summed E-state index contributed by atoms with van der Waals surface area (Å²) >= 11 is 0. The quantitative estimate of drug-likeness (QED) is 0.763. The summed E-state index contributed by atoms with van der Waals surface area (Å²) in [4.78, 5) is 9.60. The van der Waals surface area contributed by atoms with Gasteiger partial charge in [-0.2, -0.15) is 0 Å². The van der Waals surface area contributed by atoms with Crippen molar-refractivity contribution >= 4 is 16.7 Å². The fourth-order valence-electron chi connectivity index (χ4n) is 2.55. The molecule has 18 heavy (non-hydrogen) atoms. The van der Waals surface area contributed by atoms with E-state index in [-0.39, 0.29) is 0 Å². The third kappa shape index (κ3) is 2.06. The first-order chi connectivity index (χ1) is 8.74. The monoisotopic (exact) mass is 241 g/mol. The Morgan fingerprint density at radius 1 is 1.06 bits per heavy atom. The topological polar surface area (TPSA) is 19.4 Å². The first-order valence-corrected chi connectivity index (χ1v) is 6.54. The van der Waals surface area contributed by atoms with E-state index in [9.17, 15) is 0 Å². The smallest absolute Gasteiger partial charge is 0.132 e. The van der Waals surface area contributed by atoms with Crippen molar-refractivity contribution in [3.63, 3.8) is 0 Å². The maximum atomic E-state index is 4.83. The summed E-state index contributed by atoms with van der Waals surface area (Å²) in [5, 5.41) is 1.23. The van der Waals surface area contributed by atoms with Gasteiger partial charge >= 0.3 is 0 Å². The third-order valence-corrected chi connectivity index (χ3v) is 3.69. The SMILES string of the molecule is Cc1cc2ccccc2nc1N1CCN(C)CC1. The van der Waals surface area contributed by atoms with E-state index in [0.717, 1.165) is 37.5 Å². The minimum atomic E-state index is 1.07. The number of fused-ring (bicyclic) bond motifs is 1. The van der Waals surface area contributed by atoms with E-state index in [0.29, 0.717) is 0 Å². The van der Waals surface area contributed by atoms with Gasteiger partial charge in [0.1, 0.15) is 5.82 Å². The molecule has 2 heterocycles. The highest BCUT2D eigenvalue weighted by Gasteiger charge is 2.17. The standard InChI is InChI=1S/C15H19N3/c1-12-11-13-5-3-4-6-14(13)16-15(12)18-9-7-17(2)8-10-18/h3-6,11H,7-10H2,1-2H3. The number of benzene rings is 1. The molecule has 1 saturated heterocycles. The highest BCUT2D eigenvalue weighted by Crippen LogP contribution is 2.23. The van der Waals surface area contributed by atoms with E-state index in [2.05, 4.69) is 54.1 Å². The molecule has 3 heteroatoms. The highest BCUT2D eigenvalue weighted by atomic mass is 15.3. The van der Waals surface area contributed by atoms with Crippen LogP contribution in [0.2, 0.25) is 0 Å². The van der Waals surface area contributed by atoms with Crippen LogP contribution in [0.25, 0.3) is 10.9 Å². The van der Waals surface area contributed by atoms with Gasteiger partial charge in [0.05, 0.1) is 5.52 Å². The molecular formula is C15H19N3. The molecule has 0 unspecified atom stereocenters. The number of pyridine rings is 1. The summed E-state index contributed by atoms with van der Waals surface area (Å²) < 4.78 is 0. The van der Waals surface area contributed by atoms with Crippen LogP contribution in [0, 0.1) is 6.92 Å². The minimum absolute atomic E-state index is 1.07. The van der Waals surface area contributed by atoms with Gasteiger partial charge in [0.15, 0.2) is 0 Å². The minimum Gasteiger partial charge on any atom is -0.354 e. The molecule has 2 aromatic rings. The van der Waals surface area contributed by atoms with Crippen molar-refractivity contribution in [3.05, 3.63) is 35.9 Å². The lowest BCUT2D eigenvalue weighted by Crippen LogP contribution is -2.45. The Hall–Kier alpha value is -1.61. The Bertz CT molecular complexity index is 557. The predicted molar refractivity (Wildman–Crippen MR) is 76.2 cm³/mol. The fraction of sp³-hybridized carbons (Fsp3) is 0.400. The molecule has 0 spiro atoms. The molecule has 1 aliphatic rings. The van der Waals surface area contributed by atoms with Crippen molar-refractivity contribution in [2.45, 2.75) is 6.92 Å². The van der Waals surface area contributed by atoms with Gasteiger partial charge in [0.2, 0.25) is 0 Å². The fourth-order valence-corrected chi connectivity index (χ4v) is 2.55. The lowest BCUT2D eigenvalue weighted by Gasteiger charge is -2.34. The second-order valence-electron chi connectivity index (χ2n) is 5.11. The Labute approximate surface area is 108 Å². The first-order valence-electron chi connectivity index (χ1n) is 6.54. The van der Waals surface area contributed by atoms with Crippen molar-refractivity contribution in [1.29, 1.82) is 0 Å². The highest BCUT2D eigenvalue weighted by molar-refractivity contribution is 5.81. The Morgan fingerprint density at radius 3 is 2.56 bits per heavy atom. The van der Waals surface area contributed by atoms with Gasteiger partial charge in [0.25, 0.3) is 0 Å². The number of likely N-dealkylation sites (N-methyl/N-ethyl adjacent to an activating group) is 1. The van der Waals surface area contributed by atoms with E-state index in [1.807, 2.05) is 0 Å². The largest absolute Gasteiger partial charge is 0.354 e. The zero-order valence-corrected chi connectivity index (χ0v) is 11.1. The molecule has 1 aromatic carbocycles. The van der Waals surface area contributed by atoms with Crippen molar-refractivity contribution < 1.29 is 0 Å². The Morgan fingerprint density at radius 2 is 1.78 bits per heavy atom. The van der Waals surface area contributed by atoms with Crippen LogP contribution in [0.15, 0.2) is 30.3 Å². The zero-order valence-electron chi connectivity index (χ0n) is 11.1. The molecule has 0 bridgehead atoms. The molecule has 1 aliphatic heterocycles. The summed E-state index contributed by atoms with van der Waals surface area (Å²) in [6.07, 6.45) is 0. The number of aryl methyl sites for hydroxylation is 1. The van der Waals surface area contributed by atoms with Gasteiger partial charge in [0, 0.05) is 31.6 Å². The molecule has 94 valence electrons. The molecule has 1 fully saturated rings. The zero-order chi connectivity index (χ0) is 12.5. The van der Waals surface area contributed by atoms with Crippen LogP contribution in [0.3, 0.4) is 0 Å². The second-order valence-corrected chi connectivity index (χ2v) is 5.11. The summed E-state index contributed by atoms with van der Waals surface area (Å²) in [5.74, 6) is 1.15. The van der Waals surface area contributed by atoms with E-state index >= 15 is 0 Å². The van der Waals surface area contributed by atoms with Crippen LogP contribution < -0.4 is 4.90 Å². The maximum absolute atomic E-state index is 4.83. The van der Waals surface area contributed by atoms with Gasteiger partial charge in [-0.05, 0) is 31.7 Å². The lowest BCUT2D eigenvalue weighted by atomic mass is 10.1. The molecule has 3 rings (SSSR count). The van der Waals surface area contributed by atoms with Crippen LogP contribution in [0.5, 0.6) is 0 Å². The number of nitrogens with zero attached hydrogens (tertiary/aromatic N) is 3. The van der Waals surface area contributed by atoms with E-state index in [4.69, 9.17) is 4.98 Å². The predicted octanol–water partition coefficient (Wildman–Crippen LogP) is 2.30. The first kappa shape index (κ1) is 11.5. The van der Waals surface area contributed by atoms with Crippen molar-refractivity contribution in [3.8, 4) is 0 Å².